The number of ether oxygens (including phenoxy) is 1. The second kappa shape index (κ2) is 4.12. The standard InChI is InChI=1S/C7H6N4O/c1-2-3-12-6-11-5-9-7(4-8)10-11/h1,5H,3,6H2. The van der Waals surface area contributed by atoms with Gasteiger partial charge in [-0.1, -0.05) is 5.92 Å². The predicted octanol–water partition coefficient (Wildman–Crippen LogP) is -0.243. The molecule has 0 aromatic carbocycles. The van der Waals surface area contributed by atoms with E-state index in [-0.39, 0.29) is 19.2 Å². The summed E-state index contributed by atoms with van der Waals surface area (Å²) in [6.45, 7) is 0.445. The molecule has 60 valence electrons. The van der Waals surface area contributed by atoms with E-state index in [0.717, 1.165) is 0 Å². The lowest BCUT2D eigenvalue weighted by molar-refractivity contribution is 0.0945. The Balaban J connectivity index is 2.44. The van der Waals surface area contributed by atoms with Crippen LogP contribution in [0.15, 0.2) is 6.33 Å². The van der Waals surface area contributed by atoms with E-state index in [1.165, 1.54) is 11.0 Å². The molecule has 1 heterocycles. The number of rotatable bonds is 3. The highest BCUT2D eigenvalue weighted by atomic mass is 16.5. The topological polar surface area (TPSA) is 63.7 Å². The van der Waals surface area contributed by atoms with Crippen molar-refractivity contribution >= 4 is 0 Å². The van der Waals surface area contributed by atoms with E-state index in [2.05, 4.69) is 16.0 Å². The van der Waals surface area contributed by atoms with Gasteiger partial charge in [0.05, 0.1) is 0 Å². The summed E-state index contributed by atoms with van der Waals surface area (Å²) in [4.78, 5) is 3.67. The predicted molar refractivity (Wildman–Crippen MR) is 39.5 cm³/mol. The second-order valence-electron chi connectivity index (χ2n) is 1.90. The van der Waals surface area contributed by atoms with E-state index in [9.17, 15) is 0 Å². The Bertz CT molecular complexity index is 330. The van der Waals surface area contributed by atoms with E-state index >= 15 is 0 Å². The molecule has 0 fully saturated rings. The molecule has 0 bridgehead atoms. The fourth-order valence-electron chi connectivity index (χ4n) is 0.606. The van der Waals surface area contributed by atoms with Crippen molar-refractivity contribution in [3.05, 3.63) is 12.2 Å². The van der Waals surface area contributed by atoms with Gasteiger partial charge in [0.15, 0.2) is 0 Å². The first-order valence-electron chi connectivity index (χ1n) is 3.17. The number of nitriles is 1. The number of nitrogens with zero attached hydrogens (tertiary/aromatic N) is 4. The Morgan fingerprint density at radius 1 is 1.75 bits per heavy atom. The Labute approximate surface area is 69.6 Å². The molecule has 0 amide bonds. The molecule has 0 saturated carbocycles. The van der Waals surface area contributed by atoms with Gasteiger partial charge >= 0.3 is 0 Å². The van der Waals surface area contributed by atoms with Crippen molar-refractivity contribution in [1.82, 2.24) is 14.8 Å². The van der Waals surface area contributed by atoms with Crippen molar-refractivity contribution in [3.8, 4) is 18.4 Å². The molecule has 0 aliphatic rings. The van der Waals surface area contributed by atoms with Crippen LogP contribution in [0.5, 0.6) is 0 Å². The van der Waals surface area contributed by atoms with Crippen LogP contribution in [0, 0.1) is 23.7 Å². The maximum absolute atomic E-state index is 8.36. The Hall–Kier alpha value is -1.85. The third-order valence-corrected chi connectivity index (χ3v) is 1.05. The van der Waals surface area contributed by atoms with Gasteiger partial charge in [-0.05, 0) is 0 Å². The van der Waals surface area contributed by atoms with Gasteiger partial charge in [0, 0.05) is 0 Å². The van der Waals surface area contributed by atoms with Crippen LogP contribution in [0.1, 0.15) is 5.82 Å². The molecule has 0 radical (unpaired) electrons. The van der Waals surface area contributed by atoms with Crippen LogP contribution in [0.2, 0.25) is 0 Å². The molecule has 0 N–H and O–H groups in total. The zero-order chi connectivity index (χ0) is 8.81. The van der Waals surface area contributed by atoms with Gasteiger partial charge in [0.25, 0.3) is 5.82 Å². The number of terminal acetylenes is 1. The zero-order valence-electron chi connectivity index (χ0n) is 6.27. The van der Waals surface area contributed by atoms with Gasteiger partial charge in [-0.2, -0.15) is 5.26 Å². The lowest BCUT2D eigenvalue weighted by atomic mass is 10.7. The van der Waals surface area contributed by atoms with Crippen molar-refractivity contribution in [3.63, 3.8) is 0 Å². The maximum Gasteiger partial charge on any atom is 0.252 e. The Morgan fingerprint density at radius 3 is 3.17 bits per heavy atom. The number of hydrogen-bond donors (Lipinski definition) is 0. The van der Waals surface area contributed by atoms with Crippen LogP contribution in [-0.2, 0) is 11.5 Å². The zero-order valence-corrected chi connectivity index (χ0v) is 6.27. The summed E-state index contributed by atoms with van der Waals surface area (Å²) in [6, 6.07) is 1.80. The average molecular weight is 162 g/mol. The quantitative estimate of drug-likeness (QED) is 0.454. The van der Waals surface area contributed by atoms with Gasteiger partial charge in [-0.3, -0.25) is 0 Å². The lowest BCUT2D eigenvalue weighted by Gasteiger charge is -1.97. The molecule has 12 heavy (non-hydrogen) atoms. The van der Waals surface area contributed by atoms with Crippen LogP contribution in [0.25, 0.3) is 0 Å². The summed E-state index contributed by atoms with van der Waals surface area (Å²) >= 11 is 0. The fourth-order valence-corrected chi connectivity index (χ4v) is 0.606. The Kier molecular flexibility index (Phi) is 2.83. The molecular weight excluding hydrogens is 156 g/mol. The minimum atomic E-state index is 0.124. The normalized spacial score (nSPS) is 8.83. The molecular formula is C7H6N4O. The average Bonchev–Trinajstić information content (AvgIpc) is 2.53. The molecule has 1 aromatic rings. The molecule has 0 saturated heterocycles. The van der Waals surface area contributed by atoms with E-state index in [1.807, 2.05) is 0 Å². The van der Waals surface area contributed by atoms with Crippen LogP contribution < -0.4 is 0 Å². The molecule has 0 spiro atoms. The van der Waals surface area contributed by atoms with Gasteiger partial charge in [0.1, 0.15) is 25.7 Å². The molecule has 5 nitrogen and oxygen atoms in total. The molecule has 0 unspecified atom stereocenters. The van der Waals surface area contributed by atoms with Gasteiger partial charge in [0.2, 0.25) is 0 Å². The highest BCUT2D eigenvalue weighted by molar-refractivity contribution is 5.05. The highest BCUT2D eigenvalue weighted by Gasteiger charge is 1.96. The molecule has 0 atom stereocenters. The van der Waals surface area contributed by atoms with Gasteiger partial charge in [-0.25, -0.2) is 9.67 Å². The van der Waals surface area contributed by atoms with Crippen LogP contribution in [0.3, 0.4) is 0 Å². The van der Waals surface area contributed by atoms with Crippen molar-refractivity contribution < 1.29 is 4.74 Å². The van der Waals surface area contributed by atoms with Crippen LogP contribution in [0.4, 0.5) is 0 Å². The second-order valence-corrected chi connectivity index (χ2v) is 1.90. The van der Waals surface area contributed by atoms with Crippen molar-refractivity contribution in [1.29, 1.82) is 5.26 Å². The monoisotopic (exact) mass is 162 g/mol. The summed E-state index contributed by atoms with van der Waals surface area (Å²) in [5.74, 6) is 2.43. The third kappa shape index (κ3) is 2.08. The summed E-state index contributed by atoms with van der Waals surface area (Å²) in [5.41, 5.74) is 0. The Morgan fingerprint density at radius 2 is 2.58 bits per heavy atom. The lowest BCUT2D eigenvalue weighted by Crippen LogP contribution is -2.03. The maximum atomic E-state index is 8.36. The van der Waals surface area contributed by atoms with Crippen molar-refractivity contribution in [2.45, 2.75) is 6.73 Å². The van der Waals surface area contributed by atoms with E-state index in [4.69, 9.17) is 16.4 Å². The van der Waals surface area contributed by atoms with E-state index < -0.39 is 0 Å². The van der Waals surface area contributed by atoms with Crippen molar-refractivity contribution in [2.24, 2.45) is 0 Å². The van der Waals surface area contributed by atoms with Crippen molar-refractivity contribution in [2.75, 3.05) is 6.61 Å². The summed E-state index contributed by atoms with van der Waals surface area (Å²) in [7, 11) is 0. The van der Waals surface area contributed by atoms with Crippen LogP contribution in [-0.4, -0.2) is 21.4 Å². The van der Waals surface area contributed by atoms with E-state index in [1.54, 1.807) is 6.07 Å². The van der Waals surface area contributed by atoms with E-state index in [0.29, 0.717) is 0 Å². The smallest absolute Gasteiger partial charge is 0.252 e. The highest BCUT2D eigenvalue weighted by Crippen LogP contribution is 1.87. The van der Waals surface area contributed by atoms with Gasteiger partial charge < -0.3 is 4.74 Å². The largest absolute Gasteiger partial charge is 0.347 e. The first kappa shape index (κ1) is 8.25. The molecule has 0 aliphatic heterocycles. The number of aromatic nitrogens is 3. The van der Waals surface area contributed by atoms with Crippen LogP contribution >= 0.6 is 0 Å². The molecule has 1 rings (SSSR count). The SMILES string of the molecule is C#CCOCn1cnc(C#N)n1. The minimum Gasteiger partial charge on any atom is -0.347 e. The first-order valence-corrected chi connectivity index (χ1v) is 3.17. The summed E-state index contributed by atoms with van der Waals surface area (Å²) in [5, 5.41) is 12.1. The third-order valence-electron chi connectivity index (χ3n) is 1.05. The summed E-state index contributed by atoms with van der Waals surface area (Å²) in [6.07, 6.45) is 6.36. The summed E-state index contributed by atoms with van der Waals surface area (Å²) < 4.78 is 6.34. The van der Waals surface area contributed by atoms with Gasteiger partial charge in [-0.15, -0.1) is 11.5 Å². The molecule has 1 aromatic heterocycles. The molecule has 5 heteroatoms. The fraction of sp³-hybridized carbons (Fsp3) is 0.286. The number of hydrogen-bond acceptors (Lipinski definition) is 4. The molecule has 0 aliphatic carbocycles. The first-order chi connectivity index (χ1) is 5.86. The minimum absolute atomic E-state index is 0.124.